The molecule has 0 saturated heterocycles. The Morgan fingerprint density at radius 3 is 2.63 bits per heavy atom. The van der Waals surface area contributed by atoms with Gasteiger partial charge in [-0.25, -0.2) is 0 Å². The van der Waals surface area contributed by atoms with Crippen molar-refractivity contribution in [1.82, 2.24) is 10.2 Å². The summed E-state index contributed by atoms with van der Waals surface area (Å²) in [6.07, 6.45) is 0. The Balaban J connectivity index is 1.60. The number of ether oxygens (including phenoxy) is 1. The van der Waals surface area contributed by atoms with E-state index in [0.717, 1.165) is 33.8 Å². The smallest absolute Gasteiger partial charge is 0.234 e. The fourth-order valence-corrected chi connectivity index (χ4v) is 3.16. The van der Waals surface area contributed by atoms with Gasteiger partial charge in [0.1, 0.15) is 10.8 Å². The molecule has 3 aromatic rings. The SMILES string of the molecule is COc1cccc(-c2ccc(SCC(=O)Nc3cccc(C)c3C)nn2)c1. The maximum absolute atomic E-state index is 12.2. The quantitative estimate of drug-likeness (QED) is 0.639. The summed E-state index contributed by atoms with van der Waals surface area (Å²) < 4.78 is 5.23. The number of rotatable bonds is 6. The van der Waals surface area contributed by atoms with Crippen LogP contribution in [0.2, 0.25) is 0 Å². The minimum absolute atomic E-state index is 0.0626. The van der Waals surface area contributed by atoms with Crippen LogP contribution in [-0.4, -0.2) is 29.0 Å². The molecule has 0 fully saturated rings. The van der Waals surface area contributed by atoms with Gasteiger partial charge in [-0.3, -0.25) is 4.79 Å². The highest BCUT2D eigenvalue weighted by molar-refractivity contribution is 7.99. The lowest BCUT2D eigenvalue weighted by Gasteiger charge is -2.10. The van der Waals surface area contributed by atoms with Gasteiger partial charge in [-0.2, -0.15) is 0 Å². The zero-order chi connectivity index (χ0) is 19.2. The number of nitrogens with zero attached hydrogens (tertiary/aromatic N) is 2. The van der Waals surface area contributed by atoms with Crippen LogP contribution in [0.3, 0.4) is 0 Å². The third kappa shape index (κ3) is 4.86. The fraction of sp³-hybridized carbons (Fsp3) is 0.190. The normalized spacial score (nSPS) is 10.5. The van der Waals surface area contributed by atoms with Crippen molar-refractivity contribution in [1.29, 1.82) is 0 Å². The van der Waals surface area contributed by atoms with Crippen LogP contribution in [0.5, 0.6) is 5.75 Å². The summed E-state index contributed by atoms with van der Waals surface area (Å²) in [5.41, 5.74) is 4.78. The zero-order valence-corrected chi connectivity index (χ0v) is 16.3. The lowest BCUT2D eigenvalue weighted by Crippen LogP contribution is -2.15. The number of aryl methyl sites for hydroxylation is 1. The molecule has 0 unspecified atom stereocenters. The molecule has 1 aromatic heterocycles. The van der Waals surface area contributed by atoms with Crippen LogP contribution >= 0.6 is 11.8 Å². The lowest BCUT2D eigenvalue weighted by atomic mass is 10.1. The monoisotopic (exact) mass is 379 g/mol. The highest BCUT2D eigenvalue weighted by Gasteiger charge is 2.08. The van der Waals surface area contributed by atoms with Gasteiger partial charge in [-0.15, -0.1) is 10.2 Å². The second kappa shape index (κ2) is 8.68. The molecule has 0 bridgehead atoms. The van der Waals surface area contributed by atoms with Crippen LogP contribution in [0.15, 0.2) is 59.6 Å². The van der Waals surface area contributed by atoms with Crippen molar-refractivity contribution >= 4 is 23.4 Å². The number of carbonyl (C=O) groups is 1. The van der Waals surface area contributed by atoms with Gasteiger partial charge in [-0.1, -0.05) is 36.0 Å². The van der Waals surface area contributed by atoms with E-state index in [4.69, 9.17) is 4.74 Å². The molecular formula is C21H21N3O2S. The lowest BCUT2D eigenvalue weighted by molar-refractivity contribution is -0.113. The summed E-state index contributed by atoms with van der Waals surface area (Å²) in [5.74, 6) is 0.990. The van der Waals surface area contributed by atoms with Gasteiger partial charge in [0.15, 0.2) is 0 Å². The van der Waals surface area contributed by atoms with E-state index >= 15 is 0 Å². The first-order valence-corrected chi connectivity index (χ1v) is 9.52. The molecule has 138 valence electrons. The number of hydrogen-bond acceptors (Lipinski definition) is 5. The van der Waals surface area contributed by atoms with Crippen molar-refractivity contribution in [3.8, 4) is 17.0 Å². The average Bonchev–Trinajstić information content (AvgIpc) is 2.70. The minimum atomic E-state index is -0.0626. The van der Waals surface area contributed by atoms with E-state index in [1.54, 1.807) is 7.11 Å². The second-order valence-electron chi connectivity index (χ2n) is 6.07. The van der Waals surface area contributed by atoms with Crippen LogP contribution in [-0.2, 0) is 4.79 Å². The molecule has 1 amide bonds. The molecule has 2 aromatic carbocycles. The topological polar surface area (TPSA) is 64.1 Å². The van der Waals surface area contributed by atoms with Crippen LogP contribution in [0.4, 0.5) is 5.69 Å². The van der Waals surface area contributed by atoms with Crippen LogP contribution in [0.25, 0.3) is 11.3 Å². The highest BCUT2D eigenvalue weighted by atomic mass is 32.2. The third-order valence-electron chi connectivity index (χ3n) is 4.24. The van der Waals surface area contributed by atoms with E-state index in [9.17, 15) is 4.79 Å². The summed E-state index contributed by atoms with van der Waals surface area (Å²) >= 11 is 1.36. The molecule has 0 atom stereocenters. The molecule has 0 aliphatic heterocycles. The van der Waals surface area contributed by atoms with Crippen molar-refractivity contribution < 1.29 is 9.53 Å². The van der Waals surface area contributed by atoms with Gasteiger partial charge in [0.25, 0.3) is 0 Å². The zero-order valence-electron chi connectivity index (χ0n) is 15.5. The average molecular weight is 379 g/mol. The van der Waals surface area contributed by atoms with E-state index in [-0.39, 0.29) is 11.7 Å². The van der Waals surface area contributed by atoms with Crippen molar-refractivity contribution in [2.45, 2.75) is 18.9 Å². The first-order chi connectivity index (χ1) is 13.1. The first-order valence-electron chi connectivity index (χ1n) is 8.54. The molecule has 3 rings (SSSR count). The van der Waals surface area contributed by atoms with Crippen LogP contribution in [0.1, 0.15) is 11.1 Å². The fourth-order valence-electron chi connectivity index (χ4n) is 2.55. The molecule has 6 heteroatoms. The number of aromatic nitrogens is 2. The first kappa shape index (κ1) is 18.9. The van der Waals surface area contributed by atoms with Crippen LogP contribution in [0, 0.1) is 13.8 Å². The Kier molecular flexibility index (Phi) is 6.08. The van der Waals surface area contributed by atoms with Gasteiger partial charge >= 0.3 is 0 Å². The summed E-state index contributed by atoms with van der Waals surface area (Å²) in [6, 6.07) is 17.3. The maximum Gasteiger partial charge on any atom is 0.234 e. The van der Waals surface area contributed by atoms with Crippen molar-refractivity contribution in [2.75, 3.05) is 18.2 Å². The van der Waals surface area contributed by atoms with Gasteiger partial charge < -0.3 is 10.1 Å². The van der Waals surface area contributed by atoms with Gasteiger partial charge in [0, 0.05) is 11.3 Å². The largest absolute Gasteiger partial charge is 0.497 e. The molecule has 27 heavy (non-hydrogen) atoms. The summed E-state index contributed by atoms with van der Waals surface area (Å²) in [6.45, 7) is 4.03. The number of hydrogen-bond donors (Lipinski definition) is 1. The maximum atomic E-state index is 12.2. The number of amides is 1. The standard InChI is InChI=1S/C21H21N3O2S/c1-14-6-4-9-18(15(14)2)22-20(25)13-27-21-11-10-19(23-24-21)16-7-5-8-17(12-16)26-3/h4-12H,13H2,1-3H3,(H,22,25). The molecule has 0 radical (unpaired) electrons. The summed E-state index contributed by atoms with van der Waals surface area (Å²) in [4.78, 5) is 12.2. The number of benzene rings is 2. The summed E-state index contributed by atoms with van der Waals surface area (Å²) in [5, 5.41) is 12.1. The number of thioether (sulfide) groups is 1. The molecule has 1 N–H and O–H groups in total. The number of carbonyl (C=O) groups excluding carboxylic acids is 1. The van der Waals surface area contributed by atoms with E-state index < -0.39 is 0 Å². The Morgan fingerprint density at radius 2 is 1.89 bits per heavy atom. The van der Waals surface area contributed by atoms with E-state index in [1.807, 2.05) is 68.4 Å². The minimum Gasteiger partial charge on any atom is -0.497 e. The van der Waals surface area contributed by atoms with Crippen LogP contribution < -0.4 is 10.1 Å². The predicted molar refractivity (Wildman–Crippen MR) is 109 cm³/mol. The third-order valence-corrected chi connectivity index (χ3v) is 5.16. The van der Waals surface area contributed by atoms with Crippen molar-refractivity contribution in [3.05, 3.63) is 65.7 Å². The molecule has 1 heterocycles. The molecule has 0 spiro atoms. The molecule has 0 saturated carbocycles. The number of methoxy groups -OCH3 is 1. The van der Waals surface area contributed by atoms with E-state index in [0.29, 0.717) is 5.03 Å². The molecule has 0 aliphatic rings. The number of anilines is 1. The van der Waals surface area contributed by atoms with E-state index in [1.165, 1.54) is 11.8 Å². The highest BCUT2D eigenvalue weighted by Crippen LogP contribution is 2.24. The van der Waals surface area contributed by atoms with E-state index in [2.05, 4.69) is 15.5 Å². The second-order valence-corrected chi connectivity index (χ2v) is 7.07. The van der Waals surface area contributed by atoms with Gasteiger partial charge in [-0.05, 0) is 55.3 Å². The molecule has 5 nitrogen and oxygen atoms in total. The Bertz CT molecular complexity index is 942. The van der Waals surface area contributed by atoms with Gasteiger partial charge in [0.2, 0.25) is 5.91 Å². The molecule has 0 aliphatic carbocycles. The Labute approximate surface area is 163 Å². The van der Waals surface area contributed by atoms with Gasteiger partial charge in [0.05, 0.1) is 18.6 Å². The Morgan fingerprint density at radius 1 is 1.07 bits per heavy atom. The van der Waals surface area contributed by atoms with Crippen molar-refractivity contribution in [2.24, 2.45) is 0 Å². The van der Waals surface area contributed by atoms with Crippen molar-refractivity contribution in [3.63, 3.8) is 0 Å². The molecular weight excluding hydrogens is 358 g/mol. The predicted octanol–water partition coefficient (Wildman–Crippen LogP) is 4.50. The Hall–Kier alpha value is -2.86. The number of nitrogens with one attached hydrogen (secondary N) is 1. The summed E-state index contributed by atoms with van der Waals surface area (Å²) in [7, 11) is 1.63.